The Bertz CT molecular complexity index is 586. The number of aromatic nitrogens is 1. The SMILES string of the molecule is CCCNC(c1ccn(Cc2ccccc2Cl)c1)C1CC1. The first-order chi connectivity index (χ1) is 10.3. The molecular formula is C18H23ClN2. The summed E-state index contributed by atoms with van der Waals surface area (Å²) in [7, 11) is 0. The van der Waals surface area contributed by atoms with Gasteiger partial charge in [-0.2, -0.15) is 0 Å². The lowest BCUT2D eigenvalue weighted by molar-refractivity contribution is 0.480. The normalized spacial score (nSPS) is 16.1. The molecule has 0 bridgehead atoms. The van der Waals surface area contributed by atoms with Crippen molar-refractivity contribution in [2.24, 2.45) is 5.92 Å². The van der Waals surface area contributed by atoms with E-state index in [0.29, 0.717) is 6.04 Å². The fourth-order valence-corrected chi connectivity index (χ4v) is 3.05. The van der Waals surface area contributed by atoms with Gasteiger partial charge < -0.3 is 9.88 Å². The van der Waals surface area contributed by atoms with Gasteiger partial charge in [0.15, 0.2) is 0 Å². The lowest BCUT2D eigenvalue weighted by Gasteiger charge is -2.16. The zero-order valence-electron chi connectivity index (χ0n) is 12.6. The third-order valence-electron chi connectivity index (χ3n) is 4.15. The van der Waals surface area contributed by atoms with Crippen LogP contribution in [0.3, 0.4) is 0 Å². The van der Waals surface area contributed by atoms with Gasteiger partial charge in [-0.05, 0) is 55.0 Å². The van der Waals surface area contributed by atoms with Crippen molar-refractivity contribution in [3.05, 3.63) is 58.9 Å². The number of hydrogen-bond acceptors (Lipinski definition) is 1. The van der Waals surface area contributed by atoms with Crippen molar-refractivity contribution in [2.45, 2.75) is 38.8 Å². The second-order valence-corrected chi connectivity index (χ2v) is 6.39. The van der Waals surface area contributed by atoms with Crippen LogP contribution in [0.15, 0.2) is 42.7 Å². The van der Waals surface area contributed by atoms with E-state index in [9.17, 15) is 0 Å². The van der Waals surface area contributed by atoms with Crippen LogP contribution in [0, 0.1) is 5.92 Å². The largest absolute Gasteiger partial charge is 0.350 e. The predicted molar refractivity (Wildman–Crippen MR) is 88.7 cm³/mol. The molecule has 3 rings (SSSR count). The highest BCUT2D eigenvalue weighted by molar-refractivity contribution is 6.31. The molecule has 1 saturated carbocycles. The summed E-state index contributed by atoms with van der Waals surface area (Å²) in [5.41, 5.74) is 2.59. The van der Waals surface area contributed by atoms with Crippen LogP contribution < -0.4 is 5.32 Å². The van der Waals surface area contributed by atoms with Gasteiger partial charge in [-0.15, -0.1) is 0 Å². The van der Waals surface area contributed by atoms with Crippen molar-refractivity contribution < 1.29 is 0 Å². The van der Waals surface area contributed by atoms with Gasteiger partial charge in [-0.3, -0.25) is 0 Å². The molecule has 1 unspecified atom stereocenters. The van der Waals surface area contributed by atoms with Crippen molar-refractivity contribution in [3.8, 4) is 0 Å². The molecule has 3 heteroatoms. The van der Waals surface area contributed by atoms with E-state index in [-0.39, 0.29) is 0 Å². The fraction of sp³-hybridized carbons (Fsp3) is 0.444. The van der Waals surface area contributed by atoms with E-state index < -0.39 is 0 Å². The molecule has 1 fully saturated rings. The highest BCUT2D eigenvalue weighted by Gasteiger charge is 2.32. The summed E-state index contributed by atoms with van der Waals surface area (Å²) in [5, 5.41) is 4.54. The summed E-state index contributed by atoms with van der Waals surface area (Å²) < 4.78 is 2.24. The molecule has 1 heterocycles. The Morgan fingerprint density at radius 3 is 2.81 bits per heavy atom. The maximum absolute atomic E-state index is 6.25. The summed E-state index contributed by atoms with van der Waals surface area (Å²) in [6.07, 6.45) is 8.34. The van der Waals surface area contributed by atoms with Gasteiger partial charge in [0.1, 0.15) is 0 Å². The number of nitrogens with one attached hydrogen (secondary N) is 1. The molecule has 1 atom stereocenters. The van der Waals surface area contributed by atoms with E-state index >= 15 is 0 Å². The highest BCUT2D eigenvalue weighted by atomic mass is 35.5. The van der Waals surface area contributed by atoms with Crippen LogP contribution >= 0.6 is 11.6 Å². The van der Waals surface area contributed by atoms with Gasteiger partial charge in [0.05, 0.1) is 0 Å². The minimum Gasteiger partial charge on any atom is -0.350 e. The quantitative estimate of drug-likeness (QED) is 0.788. The summed E-state index contributed by atoms with van der Waals surface area (Å²) in [6, 6.07) is 10.8. The van der Waals surface area contributed by atoms with E-state index in [1.807, 2.05) is 18.2 Å². The first kappa shape index (κ1) is 14.7. The number of benzene rings is 1. The molecule has 21 heavy (non-hydrogen) atoms. The van der Waals surface area contributed by atoms with Crippen molar-refractivity contribution >= 4 is 11.6 Å². The van der Waals surface area contributed by atoms with Crippen molar-refractivity contribution in [1.82, 2.24) is 9.88 Å². The molecule has 2 nitrogen and oxygen atoms in total. The third kappa shape index (κ3) is 3.69. The zero-order valence-corrected chi connectivity index (χ0v) is 13.3. The summed E-state index contributed by atoms with van der Waals surface area (Å²) >= 11 is 6.25. The molecule has 0 amide bonds. The van der Waals surface area contributed by atoms with Crippen LogP contribution in [0.2, 0.25) is 5.02 Å². The maximum atomic E-state index is 6.25. The predicted octanol–water partition coefficient (Wildman–Crippen LogP) is 4.64. The lowest BCUT2D eigenvalue weighted by Crippen LogP contribution is -2.23. The molecule has 1 N–H and O–H groups in total. The van der Waals surface area contributed by atoms with Gasteiger partial charge in [0.25, 0.3) is 0 Å². The molecule has 0 radical (unpaired) electrons. The topological polar surface area (TPSA) is 17.0 Å². The molecule has 112 valence electrons. The standard InChI is InChI=1S/C18H23ClN2/c1-2-10-20-18(14-7-8-14)16-9-11-21(13-16)12-15-5-3-4-6-17(15)19/h3-6,9,11,13-14,18,20H,2,7-8,10,12H2,1H3. The van der Waals surface area contributed by atoms with Crippen LogP contribution in [0.25, 0.3) is 0 Å². The first-order valence-electron chi connectivity index (χ1n) is 7.90. The molecule has 1 aromatic carbocycles. The molecule has 2 aromatic rings. The Hall–Kier alpha value is -1.25. The van der Waals surface area contributed by atoms with Gasteiger partial charge in [-0.1, -0.05) is 36.7 Å². The van der Waals surface area contributed by atoms with Gasteiger partial charge >= 0.3 is 0 Å². The summed E-state index contributed by atoms with van der Waals surface area (Å²) in [5.74, 6) is 0.827. The fourth-order valence-electron chi connectivity index (χ4n) is 2.85. The average Bonchev–Trinajstić information content (AvgIpc) is 3.22. The summed E-state index contributed by atoms with van der Waals surface area (Å²) in [6.45, 7) is 4.15. The second kappa shape index (κ2) is 6.67. The monoisotopic (exact) mass is 302 g/mol. The molecule has 0 saturated heterocycles. The van der Waals surface area contributed by atoms with E-state index in [1.165, 1.54) is 30.4 Å². The molecular weight excluding hydrogens is 280 g/mol. The molecule has 1 aliphatic carbocycles. The van der Waals surface area contributed by atoms with Gasteiger partial charge in [0.2, 0.25) is 0 Å². The van der Waals surface area contributed by atoms with E-state index in [4.69, 9.17) is 11.6 Å². The summed E-state index contributed by atoms with van der Waals surface area (Å²) in [4.78, 5) is 0. The Kier molecular flexibility index (Phi) is 4.67. The highest BCUT2D eigenvalue weighted by Crippen LogP contribution is 2.41. The van der Waals surface area contributed by atoms with E-state index in [2.05, 4.69) is 41.3 Å². The van der Waals surface area contributed by atoms with Crippen LogP contribution in [0.5, 0.6) is 0 Å². The first-order valence-corrected chi connectivity index (χ1v) is 8.28. The lowest BCUT2D eigenvalue weighted by atomic mass is 10.1. The Morgan fingerprint density at radius 1 is 1.29 bits per heavy atom. The Morgan fingerprint density at radius 2 is 2.10 bits per heavy atom. The minimum atomic E-state index is 0.525. The van der Waals surface area contributed by atoms with Crippen molar-refractivity contribution in [3.63, 3.8) is 0 Å². The number of rotatable bonds is 7. The van der Waals surface area contributed by atoms with Crippen LogP contribution in [-0.4, -0.2) is 11.1 Å². The van der Waals surface area contributed by atoms with Gasteiger partial charge in [-0.25, -0.2) is 0 Å². The number of hydrogen-bond donors (Lipinski definition) is 1. The number of nitrogens with zero attached hydrogens (tertiary/aromatic N) is 1. The third-order valence-corrected chi connectivity index (χ3v) is 4.52. The zero-order chi connectivity index (χ0) is 14.7. The van der Waals surface area contributed by atoms with Crippen LogP contribution in [0.1, 0.15) is 43.4 Å². The minimum absolute atomic E-state index is 0.525. The number of halogens is 1. The molecule has 1 aromatic heterocycles. The smallest absolute Gasteiger partial charge is 0.0485 e. The molecule has 1 aliphatic rings. The van der Waals surface area contributed by atoms with Crippen LogP contribution in [-0.2, 0) is 6.54 Å². The van der Waals surface area contributed by atoms with E-state index in [1.54, 1.807) is 0 Å². The second-order valence-electron chi connectivity index (χ2n) is 5.98. The Labute approximate surface area is 132 Å². The maximum Gasteiger partial charge on any atom is 0.0485 e. The van der Waals surface area contributed by atoms with Crippen LogP contribution in [0.4, 0.5) is 0 Å². The van der Waals surface area contributed by atoms with E-state index in [0.717, 1.165) is 24.0 Å². The van der Waals surface area contributed by atoms with Crippen molar-refractivity contribution in [2.75, 3.05) is 6.54 Å². The average molecular weight is 303 g/mol. The molecule has 0 aliphatic heterocycles. The molecule has 0 spiro atoms. The van der Waals surface area contributed by atoms with Gasteiger partial charge in [0, 0.05) is 30.0 Å². The van der Waals surface area contributed by atoms with Crippen molar-refractivity contribution in [1.29, 1.82) is 0 Å². The Balaban J connectivity index is 1.71.